The molecule has 1 aromatic rings. The van der Waals surface area contributed by atoms with Gasteiger partial charge in [0.15, 0.2) is 0 Å². The van der Waals surface area contributed by atoms with Crippen molar-refractivity contribution in [1.29, 1.82) is 0 Å². The zero-order chi connectivity index (χ0) is 10.8. The molecule has 1 aliphatic heterocycles. The average Bonchev–Trinajstić information content (AvgIpc) is 2.17. The Morgan fingerprint density at radius 2 is 1.87 bits per heavy atom. The second kappa shape index (κ2) is 3.52. The molecule has 1 aromatic heterocycles. The fourth-order valence-corrected chi connectivity index (χ4v) is 1.29. The fraction of sp³-hybridized carbons (Fsp3) is 0.250. The van der Waals surface area contributed by atoms with Gasteiger partial charge in [0.05, 0.1) is 25.5 Å². The molecule has 3 N–H and O–H groups in total. The Bertz CT molecular complexity index is 386. The molecule has 0 aromatic carbocycles. The summed E-state index contributed by atoms with van der Waals surface area (Å²) in [5.41, 5.74) is 5.37. The number of rotatable bonds is 1. The zero-order valence-electron chi connectivity index (χ0n) is 7.80. The maximum Gasteiger partial charge on any atom is 0.246 e. The monoisotopic (exact) mass is 207 g/mol. The minimum atomic E-state index is -0.343. The Morgan fingerprint density at radius 3 is 2.40 bits per heavy atom. The predicted molar refractivity (Wildman–Crippen MR) is 51.8 cm³/mol. The van der Waals surface area contributed by atoms with Crippen LogP contribution in [0.15, 0.2) is 12.4 Å². The molecule has 7 nitrogen and oxygen atoms in total. The van der Waals surface area contributed by atoms with E-state index in [1.807, 2.05) is 0 Å². The van der Waals surface area contributed by atoms with Crippen molar-refractivity contribution in [1.82, 2.24) is 15.3 Å². The summed E-state index contributed by atoms with van der Waals surface area (Å²) in [5, 5.41) is 2.20. The number of amides is 2. The molecule has 2 amide bonds. The van der Waals surface area contributed by atoms with Gasteiger partial charge in [-0.1, -0.05) is 0 Å². The number of hydrogen-bond donors (Lipinski definition) is 2. The number of anilines is 2. The standard InChI is InChI=1S/C8H9N5O2/c9-5-1-11-6(2-10-5)13-3-7(14)12-8(15)4-13/h1-2H,3-4H2,(H2,9,10)(H,12,14,15). The van der Waals surface area contributed by atoms with Gasteiger partial charge in [0, 0.05) is 0 Å². The van der Waals surface area contributed by atoms with Gasteiger partial charge >= 0.3 is 0 Å². The first kappa shape index (κ1) is 9.38. The molecule has 0 radical (unpaired) electrons. The number of aromatic nitrogens is 2. The normalized spacial score (nSPS) is 16.4. The van der Waals surface area contributed by atoms with Crippen LogP contribution in [0.1, 0.15) is 0 Å². The van der Waals surface area contributed by atoms with Gasteiger partial charge in [-0.2, -0.15) is 0 Å². The van der Waals surface area contributed by atoms with Crippen LogP contribution in [0.25, 0.3) is 0 Å². The van der Waals surface area contributed by atoms with Crippen LogP contribution in [0.4, 0.5) is 11.6 Å². The molecule has 0 atom stereocenters. The highest BCUT2D eigenvalue weighted by molar-refractivity contribution is 6.02. The molecule has 2 heterocycles. The van der Waals surface area contributed by atoms with Crippen molar-refractivity contribution >= 4 is 23.5 Å². The predicted octanol–water partition coefficient (Wildman–Crippen LogP) is -1.48. The lowest BCUT2D eigenvalue weighted by Crippen LogP contribution is -2.51. The summed E-state index contributed by atoms with van der Waals surface area (Å²) >= 11 is 0. The Kier molecular flexibility index (Phi) is 2.20. The van der Waals surface area contributed by atoms with Crippen molar-refractivity contribution in [2.24, 2.45) is 0 Å². The third kappa shape index (κ3) is 2.01. The highest BCUT2D eigenvalue weighted by Crippen LogP contribution is 2.10. The average molecular weight is 207 g/mol. The van der Waals surface area contributed by atoms with E-state index in [0.717, 1.165) is 0 Å². The number of nitrogens with zero attached hydrogens (tertiary/aromatic N) is 3. The number of carbonyl (C=O) groups is 2. The summed E-state index contributed by atoms with van der Waals surface area (Å²) < 4.78 is 0. The van der Waals surface area contributed by atoms with Gasteiger partial charge in [-0.3, -0.25) is 14.9 Å². The summed E-state index contributed by atoms with van der Waals surface area (Å²) in [6, 6.07) is 0. The van der Waals surface area contributed by atoms with E-state index in [-0.39, 0.29) is 24.9 Å². The smallest absolute Gasteiger partial charge is 0.246 e. The molecule has 15 heavy (non-hydrogen) atoms. The van der Waals surface area contributed by atoms with Crippen LogP contribution in [-0.4, -0.2) is 34.9 Å². The number of nitrogens with one attached hydrogen (secondary N) is 1. The van der Waals surface area contributed by atoms with Gasteiger partial charge in [0.25, 0.3) is 0 Å². The molecule has 1 aliphatic rings. The molecule has 2 rings (SSSR count). The number of nitrogens with two attached hydrogens (primary N) is 1. The summed E-state index contributed by atoms with van der Waals surface area (Å²) in [7, 11) is 0. The Morgan fingerprint density at radius 1 is 1.20 bits per heavy atom. The van der Waals surface area contributed by atoms with Crippen LogP contribution in [0.3, 0.4) is 0 Å². The van der Waals surface area contributed by atoms with Crippen molar-refractivity contribution in [3.63, 3.8) is 0 Å². The number of carbonyl (C=O) groups excluding carboxylic acids is 2. The van der Waals surface area contributed by atoms with Gasteiger partial charge in [-0.15, -0.1) is 0 Å². The first-order chi connectivity index (χ1) is 7.15. The number of imide groups is 1. The van der Waals surface area contributed by atoms with Crippen LogP contribution >= 0.6 is 0 Å². The fourth-order valence-electron chi connectivity index (χ4n) is 1.29. The topological polar surface area (TPSA) is 101 Å². The molecule has 1 saturated heterocycles. The third-order valence-electron chi connectivity index (χ3n) is 1.93. The lowest BCUT2D eigenvalue weighted by Gasteiger charge is -2.25. The largest absolute Gasteiger partial charge is 0.382 e. The SMILES string of the molecule is Nc1cnc(N2CC(=O)NC(=O)C2)cn1. The highest BCUT2D eigenvalue weighted by atomic mass is 16.2. The van der Waals surface area contributed by atoms with E-state index in [1.54, 1.807) is 0 Å². The maximum atomic E-state index is 11.1. The van der Waals surface area contributed by atoms with E-state index in [2.05, 4.69) is 15.3 Å². The number of hydrogen-bond acceptors (Lipinski definition) is 6. The van der Waals surface area contributed by atoms with Crippen molar-refractivity contribution in [3.8, 4) is 0 Å². The third-order valence-corrected chi connectivity index (χ3v) is 1.93. The molecular weight excluding hydrogens is 198 g/mol. The van der Waals surface area contributed by atoms with Crippen molar-refractivity contribution in [2.75, 3.05) is 23.7 Å². The summed E-state index contributed by atoms with van der Waals surface area (Å²) in [6.45, 7) is 0.203. The molecule has 0 aliphatic carbocycles. The first-order valence-corrected chi connectivity index (χ1v) is 4.30. The van der Waals surface area contributed by atoms with Crippen molar-refractivity contribution in [2.45, 2.75) is 0 Å². The number of nitrogen functional groups attached to an aromatic ring is 1. The molecule has 1 fully saturated rings. The van der Waals surface area contributed by atoms with Crippen LogP contribution in [0, 0.1) is 0 Å². The van der Waals surface area contributed by atoms with E-state index >= 15 is 0 Å². The van der Waals surface area contributed by atoms with Gasteiger partial charge in [0.1, 0.15) is 11.6 Å². The van der Waals surface area contributed by atoms with E-state index in [9.17, 15) is 9.59 Å². The van der Waals surface area contributed by atoms with E-state index < -0.39 is 0 Å². The van der Waals surface area contributed by atoms with Crippen LogP contribution < -0.4 is 16.0 Å². The van der Waals surface area contributed by atoms with E-state index in [4.69, 9.17) is 5.73 Å². The van der Waals surface area contributed by atoms with Gasteiger partial charge < -0.3 is 10.6 Å². The second-order valence-electron chi connectivity index (χ2n) is 3.13. The molecule has 0 unspecified atom stereocenters. The highest BCUT2D eigenvalue weighted by Gasteiger charge is 2.23. The van der Waals surface area contributed by atoms with Gasteiger partial charge in [-0.05, 0) is 0 Å². The van der Waals surface area contributed by atoms with Gasteiger partial charge in [0.2, 0.25) is 11.8 Å². The quantitative estimate of drug-likeness (QED) is 0.545. The maximum absolute atomic E-state index is 11.1. The summed E-state index contributed by atoms with van der Waals surface area (Å²) in [6.07, 6.45) is 2.81. The molecule has 0 bridgehead atoms. The first-order valence-electron chi connectivity index (χ1n) is 4.30. The minimum absolute atomic E-state index is 0.102. The minimum Gasteiger partial charge on any atom is -0.382 e. The lowest BCUT2D eigenvalue weighted by atomic mass is 10.3. The van der Waals surface area contributed by atoms with Crippen LogP contribution in [0.5, 0.6) is 0 Å². The molecular formula is C8H9N5O2. The van der Waals surface area contributed by atoms with Crippen molar-refractivity contribution < 1.29 is 9.59 Å². The number of piperazine rings is 1. The molecule has 7 heteroatoms. The van der Waals surface area contributed by atoms with Crippen LogP contribution in [0.2, 0.25) is 0 Å². The van der Waals surface area contributed by atoms with E-state index in [0.29, 0.717) is 11.6 Å². The van der Waals surface area contributed by atoms with Crippen LogP contribution in [-0.2, 0) is 9.59 Å². The Hall–Kier alpha value is -2.18. The molecule has 0 saturated carbocycles. The second-order valence-corrected chi connectivity index (χ2v) is 3.13. The Labute approximate surface area is 85.3 Å². The summed E-state index contributed by atoms with van der Waals surface area (Å²) in [4.78, 5) is 31.5. The van der Waals surface area contributed by atoms with E-state index in [1.165, 1.54) is 17.3 Å². The van der Waals surface area contributed by atoms with Crippen molar-refractivity contribution in [3.05, 3.63) is 12.4 Å². The molecule has 0 spiro atoms. The molecule has 78 valence electrons. The van der Waals surface area contributed by atoms with Gasteiger partial charge in [-0.25, -0.2) is 9.97 Å². The lowest BCUT2D eigenvalue weighted by molar-refractivity contribution is -0.130. The summed E-state index contributed by atoms with van der Waals surface area (Å²) in [5.74, 6) is 0.0775. The Balaban J connectivity index is 2.19. The zero-order valence-corrected chi connectivity index (χ0v) is 7.80.